The molecule has 2 aromatic heterocycles. The summed E-state index contributed by atoms with van der Waals surface area (Å²) < 4.78 is 31.6. The highest BCUT2D eigenvalue weighted by atomic mass is 19.1. The average molecular weight is 663 g/mol. The van der Waals surface area contributed by atoms with Gasteiger partial charge in [-0.3, -0.25) is 0 Å². The van der Waals surface area contributed by atoms with Gasteiger partial charge in [0, 0.05) is 39.1 Å². The van der Waals surface area contributed by atoms with Crippen LogP contribution in [0.15, 0.2) is 170 Å². The molecule has 9 rings (SSSR count). The van der Waals surface area contributed by atoms with Crippen LogP contribution in [-0.4, -0.2) is 19.5 Å². The molecule has 0 aliphatic rings. The molecule has 0 radical (unpaired) electrons. The van der Waals surface area contributed by atoms with Crippen molar-refractivity contribution in [3.8, 4) is 62.1 Å². The zero-order valence-electron chi connectivity index (χ0n) is 27.2. The normalized spacial score (nSPS) is 11.3. The third-order valence-electron chi connectivity index (χ3n) is 9.20. The summed E-state index contributed by atoms with van der Waals surface area (Å²) >= 11 is 0. The van der Waals surface area contributed by atoms with Gasteiger partial charge >= 0.3 is 0 Å². The van der Waals surface area contributed by atoms with E-state index in [2.05, 4.69) is 47.0 Å². The van der Waals surface area contributed by atoms with Crippen LogP contribution in [0.3, 0.4) is 0 Å². The fourth-order valence-corrected chi connectivity index (χ4v) is 6.77. The molecule has 0 aliphatic carbocycles. The second-order valence-electron chi connectivity index (χ2n) is 12.3. The Labute approximate surface area is 293 Å². The lowest BCUT2D eigenvalue weighted by molar-refractivity contribution is 0.585. The molecule has 0 fully saturated rings. The lowest BCUT2D eigenvalue weighted by Crippen LogP contribution is -2.04. The third-order valence-corrected chi connectivity index (χ3v) is 9.20. The Morgan fingerprint density at radius 1 is 0.373 bits per heavy atom. The van der Waals surface area contributed by atoms with E-state index in [1.165, 1.54) is 12.1 Å². The summed E-state index contributed by atoms with van der Waals surface area (Å²) in [6.45, 7) is 0. The Hall–Kier alpha value is -6.79. The standard InChI is InChI=1S/C45H28F2N4/c46-34-22-23-35(39(47)28-34)33-21-25-42(51-40-19-11-10-18-36(40)37-26-32(20-24-41(37)51)29-12-4-1-5-13-29)38(27-33)45-49-43(30-14-6-2-7-15-30)48-44(50-45)31-16-8-3-9-17-31/h1-28H. The van der Waals surface area contributed by atoms with Crippen molar-refractivity contribution in [1.29, 1.82) is 0 Å². The maximum Gasteiger partial charge on any atom is 0.166 e. The van der Waals surface area contributed by atoms with Crippen LogP contribution in [0.25, 0.3) is 83.9 Å². The van der Waals surface area contributed by atoms with Gasteiger partial charge in [-0.05, 0) is 59.2 Å². The van der Waals surface area contributed by atoms with Crippen molar-refractivity contribution < 1.29 is 8.78 Å². The lowest BCUT2D eigenvalue weighted by atomic mass is 10.00. The summed E-state index contributed by atoms with van der Waals surface area (Å²) in [5, 5.41) is 2.19. The third kappa shape index (κ3) is 5.53. The van der Waals surface area contributed by atoms with Gasteiger partial charge < -0.3 is 4.57 Å². The lowest BCUT2D eigenvalue weighted by Gasteiger charge is -2.16. The number of nitrogens with zero attached hydrogens (tertiary/aromatic N) is 4. The predicted molar refractivity (Wildman–Crippen MR) is 201 cm³/mol. The average Bonchev–Trinajstić information content (AvgIpc) is 3.52. The van der Waals surface area contributed by atoms with Gasteiger partial charge in [-0.15, -0.1) is 0 Å². The molecule has 0 atom stereocenters. The molecule has 0 saturated heterocycles. The number of para-hydroxylation sites is 1. The maximum absolute atomic E-state index is 15.3. The molecule has 0 N–H and O–H groups in total. The van der Waals surface area contributed by atoms with E-state index < -0.39 is 11.6 Å². The van der Waals surface area contributed by atoms with Crippen LogP contribution in [-0.2, 0) is 0 Å². The number of rotatable bonds is 6. The molecule has 242 valence electrons. The van der Waals surface area contributed by atoms with Gasteiger partial charge in [0.25, 0.3) is 0 Å². The van der Waals surface area contributed by atoms with Crippen LogP contribution in [0.4, 0.5) is 8.78 Å². The van der Waals surface area contributed by atoms with Gasteiger partial charge in [-0.2, -0.15) is 0 Å². The van der Waals surface area contributed by atoms with E-state index >= 15 is 4.39 Å². The summed E-state index contributed by atoms with van der Waals surface area (Å²) in [4.78, 5) is 15.0. The van der Waals surface area contributed by atoms with Crippen molar-refractivity contribution in [3.63, 3.8) is 0 Å². The van der Waals surface area contributed by atoms with Crippen LogP contribution in [0, 0.1) is 11.6 Å². The van der Waals surface area contributed by atoms with Gasteiger partial charge in [0.2, 0.25) is 0 Å². The highest BCUT2D eigenvalue weighted by molar-refractivity contribution is 6.11. The van der Waals surface area contributed by atoms with Crippen molar-refractivity contribution >= 4 is 21.8 Å². The van der Waals surface area contributed by atoms with Gasteiger partial charge in [0.05, 0.1) is 16.7 Å². The van der Waals surface area contributed by atoms with Crippen LogP contribution >= 0.6 is 0 Å². The van der Waals surface area contributed by atoms with Gasteiger partial charge in [-0.1, -0.05) is 121 Å². The predicted octanol–water partition coefficient (Wildman–Crippen LogP) is 11.6. The number of hydrogen-bond acceptors (Lipinski definition) is 3. The molecule has 4 nitrogen and oxygen atoms in total. The number of fused-ring (bicyclic) bond motifs is 3. The zero-order chi connectivity index (χ0) is 34.3. The van der Waals surface area contributed by atoms with E-state index in [9.17, 15) is 4.39 Å². The first kappa shape index (κ1) is 30.3. The number of hydrogen-bond donors (Lipinski definition) is 0. The zero-order valence-corrected chi connectivity index (χ0v) is 27.2. The first-order valence-electron chi connectivity index (χ1n) is 16.7. The topological polar surface area (TPSA) is 43.6 Å². The van der Waals surface area contributed by atoms with E-state index in [4.69, 9.17) is 15.0 Å². The molecule has 0 aliphatic heterocycles. The fourth-order valence-electron chi connectivity index (χ4n) is 6.77. The van der Waals surface area contributed by atoms with Crippen LogP contribution in [0.2, 0.25) is 0 Å². The first-order valence-corrected chi connectivity index (χ1v) is 16.7. The van der Waals surface area contributed by atoms with E-state index in [0.29, 0.717) is 28.6 Å². The van der Waals surface area contributed by atoms with Crippen LogP contribution in [0.1, 0.15) is 0 Å². The summed E-state index contributed by atoms with van der Waals surface area (Å²) in [5.74, 6) is 0.168. The van der Waals surface area contributed by atoms with E-state index in [-0.39, 0.29) is 5.56 Å². The molecule has 2 heterocycles. The molecular formula is C45H28F2N4. The maximum atomic E-state index is 15.3. The number of halogens is 2. The molecule has 6 heteroatoms. The monoisotopic (exact) mass is 662 g/mol. The largest absolute Gasteiger partial charge is 0.309 e. The number of aromatic nitrogens is 4. The Balaban J connectivity index is 1.35. The van der Waals surface area contributed by atoms with E-state index in [1.54, 1.807) is 0 Å². The van der Waals surface area contributed by atoms with Crippen LogP contribution < -0.4 is 0 Å². The second kappa shape index (κ2) is 12.6. The molecule has 0 bridgehead atoms. The molecule has 9 aromatic rings. The van der Waals surface area contributed by atoms with Crippen molar-refractivity contribution in [1.82, 2.24) is 19.5 Å². The Morgan fingerprint density at radius 2 is 0.941 bits per heavy atom. The van der Waals surface area contributed by atoms with E-state index in [0.717, 1.165) is 55.8 Å². The highest BCUT2D eigenvalue weighted by Gasteiger charge is 2.21. The minimum atomic E-state index is -0.649. The van der Waals surface area contributed by atoms with E-state index in [1.807, 2.05) is 109 Å². The SMILES string of the molecule is Fc1ccc(-c2ccc(-n3c4ccccc4c4cc(-c5ccccc5)ccc43)c(-c3nc(-c4ccccc4)nc(-c4ccccc4)n3)c2)c(F)c1. The summed E-state index contributed by atoms with van der Waals surface area (Å²) in [6, 6.07) is 54.1. The summed E-state index contributed by atoms with van der Waals surface area (Å²) in [6.07, 6.45) is 0. The minimum Gasteiger partial charge on any atom is -0.309 e. The van der Waals surface area contributed by atoms with Gasteiger partial charge in [0.15, 0.2) is 17.5 Å². The quantitative estimate of drug-likeness (QED) is 0.178. The fraction of sp³-hybridized carbons (Fsp3) is 0. The minimum absolute atomic E-state index is 0.277. The Bertz CT molecular complexity index is 2650. The van der Waals surface area contributed by atoms with Crippen molar-refractivity contribution in [2.24, 2.45) is 0 Å². The molecule has 0 spiro atoms. The van der Waals surface area contributed by atoms with Crippen molar-refractivity contribution in [2.45, 2.75) is 0 Å². The van der Waals surface area contributed by atoms with Gasteiger partial charge in [-0.25, -0.2) is 23.7 Å². The second-order valence-corrected chi connectivity index (χ2v) is 12.3. The number of benzene rings is 7. The summed E-state index contributed by atoms with van der Waals surface area (Å²) in [7, 11) is 0. The molecule has 0 unspecified atom stereocenters. The van der Waals surface area contributed by atoms with Crippen molar-refractivity contribution in [3.05, 3.63) is 181 Å². The summed E-state index contributed by atoms with van der Waals surface area (Å²) in [5.41, 5.74) is 8.25. The molecular weight excluding hydrogens is 635 g/mol. The van der Waals surface area contributed by atoms with Crippen molar-refractivity contribution in [2.75, 3.05) is 0 Å². The Kier molecular flexibility index (Phi) is 7.47. The highest BCUT2D eigenvalue weighted by Crippen LogP contribution is 2.39. The molecule has 7 aromatic carbocycles. The molecule has 0 saturated carbocycles. The molecule has 0 amide bonds. The molecule has 51 heavy (non-hydrogen) atoms. The van der Waals surface area contributed by atoms with Gasteiger partial charge in [0.1, 0.15) is 11.6 Å². The van der Waals surface area contributed by atoms with Crippen LogP contribution in [0.5, 0.6) is 0 Å². The smallest absolute Gasteiger partial charge is 0.166 e. The first-order chi connectivity index (χ1) is 25.1. The Morgan fingerprint density at radius 3 is 1.61 bits per heavy atom.